The van der Waals surface area contributed by atoms with Gasteiger partial charge in [0, 0.05) is 13.1 Å². The van der Waals surface area contributed by atoms with Crippen molar-refractivity contribution in [1.82, 2.24) is 4.90 Å². The molecule has 0 aromatic carbocycles. The average Bonchev–Trinajstić information content (AvgIpc) is 2.53. The van der Waals surface area contributed by atoms with Gasteiger partial charge in [0.1, 0.15) is 6.10 Å². The van der Waals surface area contributed by atoms with Crippen LogP contribution in [0, 0.1) is 5.92 Å². The van der Waals surface area contributed by atoms with Crippen molar-refractivity contribution in [2.75, 3.05) is 26.3 Å². The van der Waals surface area contributed by atoms with E-state index in [2.05, 4.69) is 0 Å². The number of nitrogens with zero attached hydrogens (tertiary/aromatic N) is 1. The van der Waals surface area contributed by atoms with Gasteiger partial charge in [0.15, 0.2) is 0 Å². The van der Waals surface area contributed by atoms with Gasteiger partial charge in [-0.25, -0.2) is 0 Å². The Morgan fingerprint density at radius 1 is 1.05 bits per heavy atom. The number of ether oxygens (including phenoxy) is 1. The van der Waals surface area contributed by atoms with E-state index in [1.807, 2.05) is 4.90 Å². The first-order valence-corrected chi connectivity index (χ1v) is 8.12. The zero-order valence-electron chi connectivity index (χ0n) is 13.2. The predicted octanol–water partition coefficient (Wildman–Crippen LogP) is 1.53. The van der Waals surface area contributed by atoms with Crippen LogP contribution in [0.5, 0.6) is 0 Å². The maximum atomic E-state index is 10.2. The Morgan fingerprint density at radius 2 is 1.64 bits per heavy atom. The molecule has 2 fully saturated rings. The molecule has 0 aromatic heterocycles. The van der Waals surface area contributed by atoms with Crippen LogP contribution >= 0.6 is 24.8 Å². The minimum Gasteiger partial charge on any atom is -0.390 e. The van der Waals surface area contributed by atoms with Crippen LogP contribution in [0.4, 0.5) is 0 Å². The lowest BCUT2D eigenvalue weighted by Crippen LogP contribution is -2.57. The van der Waals surface area contributed by atoms with Crippen LogP contribution in [0.3, 0.4) is 0 Å². The number of halogens is 2. The van der Waals surface area contributed by atoms with Crippen LogP contribution in [-0.2, 0) is 4.74 Å². The standard InChI is InChI=1S/C15H30N2O3.2ClH/c16-15(17-8-10-20-11-9-17)14(19)13(18)7-6-12-4-2-1-3-5-12;;/h12-15,18-19H,1-11,16H2;2*1H/t13-,14-,15?;;/m1../s1. The van der Waals surface area contributed by atoms with Gasteiger partial charge >= 0.3 is 0 Å². The third-order valence-corrected chi connectivity index (χ3v) is 4.81. The molecule has 1 aliphatic heterocycles. The smallest absolute Gasteiger partial charge is 0.108 e. The van der Waals surface area contributed by atoms with Crippen molar-refractivity contribution in [3.63, 3.8) is 0 Å². The molecule has 1 saturated heterocycles. The van der Waals surface area contributed by atoms with Gasteiger partial charge in [-0.1, -0.05) is 32.1 Å². The lowest BCUT2D eigenvalue weighted by molar-refractivity contribution is -0.0666. The normalized spacial score (nSPS) is 24.7. The van der Waals surface area contributed by atoms with Gasteiger partial charge in [0.25, 0.3) is 0 Å². The molecule has 0 radical (unpaired) electrons. The highest BCUT2D eigenvalue weighted by Gasteiger charge is 2.29. The quantitative estimate of drug-likeness (QED) is 0.670. The summed E-state index contributed by atoms with van der Waals surface area (Å²) in [5.74, 6) is 0.727. The Bertz CT molecular complexity index is 276. The second-order valence-electron chi connectivity index (χ2n) is 6.28. The Balaban J connectivity index is 0.00000220. The summed E-state index contributed by atoms with van der Waals surface area (Å²) in [4.78, 5) is 2.00. The average molecular weight is 359 g/mol. The van der Waals surface area contributed by atoms with Gasteiger partial charge in [0.05, 0.1) is 25.5 Å². The number of rotatable bonds is 6. The predicted molar refractivity (Wildman–Crippen MR) is 92.7 cm³/mol. The first-order valence-electron chi connectivity index (χ1n) is 8.12. The summed E-state index contributed by atoms with van der Waals surface area (Å²) < 4.78 is 5.28. The van der Waals surface area contributed by atoms with E-state index in [1.54, 1.807) is 0 Å². The van der Waals surface area contributed by atoms with E-state index in [9.17, 15) is 10.2 Å². The molecule has 4 N–H and O–H groups in total. The molecule has 1 heterocycles. The molecule has 0 aromatic rings. The lowest BCUT2D eigenvalue weighted by Gasteiger charge is -2.36. The number of morpholine rings is 1. The minimum absolute atomic E-state index is 0. The number of aliphatic hydroxyl groups excluding tert-OH is 2. The molecule has 3 atom stereocenters. The van der Waals surface area contributed by atoms with E-state index in [-0.39, 0.29) is 24.8 Å². The van der Waals surface area contributed by atoms with Gasteiger partial charge < -0.3 is 20.7 Å². The second kappa shape index (κ2) is 11.8. The fourth-order valence-electron chi connectivity index (χ4n) is 3.37. The van der Waals surface area contributed by atoms with E-state index in [4.69, 9.17) is 10.5 Å². The SMILES string of the molecule is Cl.Cl.NC([C@H](O)[C@H](O)CCC1CCCCC1)N1CCOCC1. The van der Waals surface area contributed by atoms with Crippen molar-refractivity contribution in [1.29, 1.82) is 0 Å². The lowest BCUT2D eigenvalue weighted by atomic mass is 9.85. The molecule has 5 nitrogen and oxygen atoms in total. The molecular weight excluding hydrogens is 327 g/mol. The monoisotopic (exact) mass is 358 g/mol. The molecule has 2 rings (SSSR count). The van der Waals surface area contributed by atoms with E-state index >= 15 is 0 Å². The molecule has 1 unspecified atom stereocenters. The molecule has 7 heteroatoms. The Kier molecular flexibility index (Phi) is 12.0. The van der Waals surface area contributed by atoms with E-state index in [0.717, 1.165) is 25.4 Å². The Hall–Kier alpha value is 0.380. The first-order chi connectivity index (χ1) is 9.68. The summed E-state index contributed by atoms with van der Waals surface area (Å²) in [7, 11) is 0. The van der Waals surface area contributed by atoms with Gasteiger partial charge in [-0.15, -0.1) is 24.8 Å². The van der Waals surface area contributed by atoms with Gasteiger partial charge in [-0.2, -0.15) is 0 Å². The number of nitrogens with two attached hydrogens (primary N) is 1. The fraction of sp³-hybridized carbons (Fsp3) is 1.00. The Labute approximate surface area is 146 Å². The first kappa shape index (κ1) is 22.4. The molecule has 0 amide bonds. The highest BCUT2D eigenvalue weighted by Crippen LogP contribution is 2.28. The van der Waals surface area contributed by atoms with Crippen LogP contribution in [0.2, 0.25) is 0 Å². The van der Waals surface area contributed by atoms with Crippen LogP contribution < -0.4 is 5.73 Å². The maximum absolute atomic E-state index is 10.2. The second-order valence-corrected chi connectivity index (χ2v) is 6.28. The third kappa shape index (κ3) is 6.87. The number of hydrogen-bond acceptors (Lipinski definition) is 5. The van der Waals surface area contributed by atoms with Crippen molar-refractivity contribution in [2.24, 2.45) is 11.7 Å². The minimum atomic E-state index is -0.864. The van der Waals surface area contributed by atoms with Crippen molar-refractivity contribution < 1.29 is 14.9 Å². The molecule has 0 bridgehead atoms. The summed E-state index contributed by atoms with van der Waals surface area (Å²) in [5.41, 5.74) is 6.06. The van der Waals surface area contributed by atoms with E-state index in [1.165, 1.54) is 32.1 Å². The van der Waals surface area contributed by atoms with Crippen LogP contribution in [0.25, 0.3) is 0 Å². The van der Waals surface area contributed by atoms with E-state index in [0.29, 0.717) is 19.6 Å². The zero-order valence-corrected chi connectivity index (χ0v) is 14.9. The van der Waals surface area contributed by atoms with Gasteiger partial charge in [0.2, 0.25) is 0 Å². The van der Waals surface area contributed by atoms with Crippen molar-refractivity contribution in [3.8, 4) is 0 Å². The zero-order chi connectivity index (χ0) is 14.4. The highest BCUT2D eigenvalue weighted by atomic mass is 35.5. The summed E-state index contributed by atoms with van der Waals surface area (Å²) >= 11 is 0. The van der Waals surface area contributed by atoms with Crippen molar-refractivity contribution >= 4 is 24.8 Å². The van der Waals surface area contributed by atoms with Gasteiger partial charge in [-0.3, -0.25) is 4.90 Å². The number of hydrogen-bond donors (Lipinski definition) is 3. The summed E-state index contributed by atoms with van der Waals surface area (Å²) in [6.45, 7) is 2.76. The molecule has 22 heavy (non-hydrogen) atoms. The topological polar surface area (TPSA) is 79.0 Å². The van der Waals surface area contributed by atoms with Crippen LogP contribution in [-0.4, -0.2) is 59.8 Å². The summed E-state index contributed by atoms with van der Waals surface area (Å²) in [6.07, 6.45) is 6.14. The molecule has 0 spiro atoms. The van der Waals surface area contributed by atoms with Gasteiger partial charge in [-0.05, 0) is 18.8 Å². The van der Waals surface area contributed by atoms with Crippen LogP contribution in [0.15, 0.2) is 0 Å². The Morgan fingerprint density at radius 3 is 2.23 bits per heavy atom. The van der Waals surface area contributed by atoms with Crippen LogP contribution in [0.1, 0.15) is 44.9 Å². The molecule has 1 saturated carbocycles. The summed E-state index contributed by atoms with van der Waals surface area (Å²) in [6, 6.07) is 0. The number of aliphatic hydroxyl groups is 2. The van der Waals surface area contributed by atoms with Crippen molar-refractivity contribution in [3.05, 3.63) is 0 Å². The van der Waals surface area contributed by atoms with E-state index < -0.39 is 18.4 Å². The highest BCUT2D eigenvalue weighted by molar-refractivity contribution is 5.85. The molecular formula is C15H32Cl2N2O3. The fourth-order valence-corrected chi connectivity index (χ4v) is 3.37. The molecule has 1 aliphatic carbocycles. The van der Waals surface area contributed by atoms with Crippen molar-refractivity contribution in [2.45, 2.75) is 63.3 Å². The largest absolute Gasteiger partial charge is 0.390 e. The summed E-state index contributed by atoms with van der Waals surface area (Å²) in [5, 5.41) is 20.4. The molecule has 2 aliphatic rings. The molecule has 134 valence electrons. The maximum Gasteiger partial charge on any atom is 0.108 e. The third-order valence-electron chi connectivity index (χ3n) is 4.81.